The van der Waals surface area contributed by atoms with Crippen molar-refractivity contribution < 1.29 is 3.83 Å². The van der Waals surface area contributed by atoms with Crippen LogP contribution in [0.2, 0.25) is 10.6 Å². The van der Waals surface area contributed by atoms with Crippen LogP contribution < -0.4 is 0 Å². The molecule has 0 spiro atoms. The normalized spacial score (nSPS) is 15.5. The average Bonchev–Trinajstić information content (AvgIpc) is 2.49. The van der Waals surface area contributed by atoms with Crippen LogP contribution in [-0.4, -0.2) is 13.8 Å². The minimum absolute atomic E-state index is 0.196. The van der Waals surface area contributed by atoms with Crippen molar-refractivity contribution in [1.82, 2.24) is 0 Å². The van der Waals surface area contributed by atoms with Crippen molar-refractivity contribution in [3.8, 4) is 0 Å². The van der Waals surface area contributed by atoms with E-state index >= 15 is 0 Å². The Bertz CT molecular complexity index is 495. The monoisotopic (exact) mass is 374 g/mol. The van der Waals surface area contributed by atoms with Crippen molar-refractivity contribution in [2.75, 3.05) is 0 Å². The zero-order valence-corrected chi connectivity index (χ0v) is 14.1. The fourth-order valence-electron chi connectivity index (χ4n) is 1.91. The molecule has 2 aromatic rings. The zero-order valence-electron chi connectivity index (χ0n) is 10.9. The number of halogens is 2. The predicted molar refractivity (Wildman–Crippen MR) is 86.1 cm³/mol. The third-order valence-corrected chi connectivity index (χ3v) is 7.59. The second-order valence-corrected chi connectivity index (χ2v) is 8.83. The van der Waals surface area contributed by atoms with E-state index in [0.717, 1.165) is 11.1 Å². The van der Waals surface area contributed by atoms with Crippen molar-refractivity contribution in [2.24, 2.45) is 0 Å². The minimum atomic E-state index is -2.03. The molecule has 0 aliphatic heterocycles. The standard InChI is InChI=1S/C16H16Cl2OSe/c17-15(13-7-3-1-4-8-13)11-20(19)12-16(18)14-9-5-2-6-10-14/h1-10,15-16H,11-12H2. The second-order valence-electron chi connectivity index (χ2n) is 4.53. The van der Waals surface area contributed by atoms with Crippen LogP contribution in [0.4, 0.5) is 0 Å². The maximum absolute atomic E-state index is 12.2. The molecule has 0 saturated heterocycles. The van der Waals surface area contributed by atoms with Gasteiger partial charge in [0.25, 0.3) is 0 Å². The van der Waals surface area contributed by atoms with E-state index in [2.05, 4.69) is 0 Å². The molecule has 0 amide bonds. The van der Waals surface area contributed by atoms with Crippen molar-refractivity contribution in [1.29, 1.82) is 0 Å². The summed E-state index contributed by atoms with van der Waals surface area (Å²) in [7, 11) is 0. The number of benzene rings is 2. The molecule has 106 valence electrons. The molecule has 20 heavy (non-hydrogen) atoms. The zero-order chi connectivity index (χ0) is 14.4. The molecule has 0 bridgehead atoms. The summed E-state index contributed by atoms with van der Waals surface area (Å²) >= 11 is 10.6. The Morgan fingerprint density at radius 3 is 1.45 bits per heavy atom. The molecule has 2 rings (SSSR count). The molecule has 2 atom stereocenters. The van der Waals surface area contributed by atoms with Crippen LogP contribution in [0.15, 0.2) is 60.7 Å². The van der Waals surface area contributed by atoms with Crippen LogP contribution >= 0.6 is 23.2 Å². The summed E-state index contributed by atoms with van der Waals surface area (Å²) in [6.45, 7) is 0. The molecule has 0 aromatic heterocycles. The van der Waals surface area contributed by atoms with E-state index in [4.69, 9.17) is 23.2 Å². The molecule has 2 aromatic carbocycles. The molecule has 0 N–H and O–H groups in total. The van der Waals surface area contributed by atoms with Crippen LogP contribution in [0.25, 0.3) is 0 Å². The molecule has 0 saturated carbocycles. The van der Waals surface area contributed by atoms with Crippen LogP contribution in [0.1, 0.15) is 21.9 Å². The van der Waals surface area contributed by atoms with Crippen LogP contribution in [0, 0.1) is 0 Å². The molecule has 0 aliphatic carbocycles. The third kappa shape index (κ3) is 4.71. The van der Waals surface area contributed by atoms with E-state index in [-0.39, 0.29) is 10.8 Å². The maximum atomic E-state index is 12.2. The van der Waals surface area contributed by atoms with Crippen molar-refractivity contribution >= 4 is 37.0 Å². The third-order valence-electron chi connectivity index (χ3n) is 2.99. The van der Waals surface area contributed by atoms with Crippen molar-refractivity contribution in [2.45, 2.75) is 21.4 Å². The van der Waals surface area contributed by atoms with Crippen molar-refractivity contribution in [3.63, 3.8) is 0 Å². The van der Waals surface area contributed by atoms with Gasteiger partial charge in [0.1, 0.15) is 0 Å². The van der Waals surface area contributed by atoms with Gasteiger partial charge in [-0.25, -0.2) is 0 Å². The van der Waals surface area contributed by atoms with Crippen LogP contribution in [0.5, 0.6) is 0 Å². The first-order valence-electron chi connectivity index (χ1n) is 6.40. The van der Waals surface area contributed by atoms with Gasteiger partial charge in [-0.3, -0.25) is 0 Å². The second kappa shape index (κ2) is 7.95. The molecule has 0 aliphatic rings. The van der Waals surface area contributed by atoms with Gasteiger partial charge in [-0.2, -0.15) is 0 Å². The van der Waals surface area contributed by atoms with Gasteiger partial charge in [0, 0.05) is 0 Å². The molecular weight excluding hydrogens is 358 g/mol. The fraction of sp³-hybridized carbons (Fsp3) is 0.250. The van der Waals surface area contributed by atoms with E-state index < -0.39 is 13.8 Å². The van der Waals surface area contributed by atoms with Gasteiger partial charge < -0.3 is 0 Å². The van der Waals surface area contributed by atoms with E-state index in [0.29, 0.717) is 10.6 Å². The average molecular weight is 374 g/mol. The molecule has 1 nitrogen and oxygen atoms in total. The van der Waals surface area contributed by atoms with Gasteiger partial charge >= 0.3 is 134 Å². The Labute approximate surface area is 134 Å². The van der Waals surface area contributed by atoms with E-state index in [1.54, 1.807) is 0 Å². The van der Waals surface area contributed by atoms with Gasteiger partial charge in [-0.05, 0) is 0 Å². The molecule has 4 heteroatoms. The van der Waals surface area contributed by atoms with E-state index in [9.17, 15) is 3.83 Å². The van der Waals surface area contributed by atoms with Gasteiger partial charge in [-0.15, -0.1) is 0 Å². The molecule has 2 unspecified atom stereocenters. The first kappa shape index (κ1) is 15.7. The number of rotatable bonds is 6. The summed E-state index contributed by atoms with van der Waals surface area (Å²) in [6, 6.07) is 19.5. The predicted octanol–water partition coefficient (Wildman–Crippen LogP) is 5.37. The fourth-order valence-corrected chi connectivity index (χ4v) is 6.12. The first-order chi connectivity index (χ1) is 9.66. The quantitative estimate of drug-likeness (QED) is 0.491. The summed E-state index contributed by atoms with van der Waals surface area (Å²) in [6.07, 6.45) is 0. The Balaban J connectivity index is 1.90. The van der Waals surface area contributed by atoms with Gasteiger partial charge in [0.05, 0.1) is 0 Å². The summed E-state index contributed by atoms with van der Waals surface area (Å²) in [5, 5.41) is 0.639. The number of hydrogen-bond acceptors (Lipinski definition) is 1. The summed E-state index contributed by atoms with van der Waals surface area (Å²) in [5.41, 5.74) is 2.04. The van der Waals surface area contributed by atoms with Crippen LogP contribution in [0.3, 0.4) is 0 Å². The van der Waals surface area contributed by atoms with E-state index in [1.165, 1.54) is 0 Å². The summed E-state index contributed by atoms with van der Waals surface area (Å²) in [5.74, 6) is 0. The Morgan fingerprint density at radius 1 is 0.750 bits per heavy atom. The number of hydrogen-bond donors (Lipinski definition) is 0. The van der Waals surface area contributed by atoms with Gasteiger partial charge in [-0.1, -0.05) is 0 Å². The Kier molecular flexibility index (Phi) is 6.25. The Morgan fingerprint density at radius 2 is 1.10 bits per heavy atom. The van der Waals surface area contributed by atoms with Crippen LogP contribution in [-0.2, 0) is 3.83 Å². The molecule has 0 radical (unpaired) electrons. The molecule has 0 fully saturated rings. The Hall–Kier alpha value is -0.661. The van der Waals surface area contributed by atoms with Crippen molar-refractivity contribution in [3.05, 3.63) is 71.8 Å². The summed E-state index contributed by atoms with van der Waals surface area (Å²) < 4.78 is 12.2. The first-order valence-corrected chi connectivity index (χ1v) is 10.4. The molecule has 0 heterocycles. The van der Waals surface area contributed by atoms with Gasteiger partial charge in [0.15, 0.2) is 0 Å². The topological polar surface area (TPSA) is 17.1 Å². The number of alkyl halides is 2. The van der Waals surface area contributed by atoms with E-state index in [1.807, 2.05) is 60.7 Å². The van der Waals surface area contributed by atoms with Gasteiger partial charge in [0.2, 0.25) is 0 Å². The molecular formula is C16H16Cl2OSe. The summed E-state index contributed by atoms with van der Waals surface area (Å²) in [4.78, 5) is 0. The SMILES string of the molecule is O=[Se](CC(Cl)c1ccccc1)CC(Cl)c1ccccc1.